The zero-order valence-corrected chi connectivity index (χ0v) is 13.8. The molecule has 0 radical (unpaired) electrons. The van der Waals surface area contributed by atoms with Gasteiger partial charge < -0.3 is 5.32 Å². The number of nitrogens with zero attached hydrogens (tertiary/aromatic N) is 3. The van der Waals surface area contributed by atoms with Crippen molar-refractivity contribution in [1.29, 1.82) is 0 Å². The largest absolute Gasteiger partial charge is 0.377 e. The molecule has 1 aromatic carbocycles. The van der Waals surface area contributed by atoms with E-state index in [9.17, 15) is 4.79 Å². The van der Waals surface area contributed by atoms with Crippen LogP contribution in [0.2, 0.25) is 0 Å². The molecule has 26 heavy (non-hydrogen) atoms. The van der Waals surface area contributed by atoms with Crippen molar-refractivity contribution < 1.29 is 0 Å². The van der Waals surface area contributed by atoms with Gasteiger partial charge in [0.1, 0.15) is 0 Å². The predicted octanol–water partition coefficient (Wildman–Crippen LogP) is 3.01. The maximum atomic E-state index is 12.3. The molecule has 126 valence electrons. The molecular weight excluding hydrogens is 326 g/mol. The molecule has 0 bridgehead atoms. The first kappa shape index (κ1) is 14.8. The summed E-state index contributed by atoms with van der Waals surface area (Å²) in [6.07, 6.45) is 7.14. The Bertz CT molecular complexity index is 1140. The second-order valence-corrected chi connectivity index (χ2v) is 6.33. The average Bonchev–Trinajstić information content (AvgIpc) is 2.71. The van der Waals surface area contributed by atoms with Crippen LogP contribution in [0.25, 0.3) is 10.8 Å². The van der Waals surface area contributed by atoms with Gasteiger partial charge in [0.15, 0.2) is 0 Å². The normalized spacial score (nSPS) is 18.5. The summed E-state index contributed by atoms with van der Waals surface area (Å²) in [6, 6.07) is 13.7. The molecule has 6 heteroatoms. The zero-order valence-electron chi connectivity index (χ0n) is 13.8. The van der Waals surface area contributed by atoms with Gasteiger partial charge >= 0.3 is 0 Å². The maximum Gasteiger partial charge on any atom is 0.272 e. The van der Waals surface area contributed by atoms with E-state index in [4.69, 9.17) is 0 Å². The third-order valence-electron chi connectivity index (χ3n) is 4.91. The summed E-state index contributed by atoms with van der Waals surface area (Å²) in [5.41, 5.74) is 3.80. The monoisotopic (exact) mass is 341 g/mol. The Kier molecular flexibility index (Phi) is 3.28. The predicted molar refractivity (Wildman–Crippen MR) is 99.0 cm³/mol. The van der Waals surface area contributed by atoms with Crippen LogP contribution in [-0.4, -0.2) is 20.2 Å². The molecule has 0 fully saturated rings. The molecule has 0 amide bonds. The summed E-state index contributed by atoms with van der Waals surface area (Å²) >= 11 is 0. The molecular formula is C20H15N5O. The van der Waals surface area contributed by atoms with E-state index in [2.05, 4.69) is 25.5 Å². The number of aromatic nitrogens is 4. The number of anilines is 1. The van der Waals surface area contributed by atoms with Gasteiger partial charge in [-0.15, -0.1) is 0 Å². The minimum Gasteiger partial charge on any atom is -0.377 e. The van der Waals surface area contributed by atoms with Gasteiger partial charge in [-0.25, -0.2) is 5.10 Å². The first-order valence-corrected chi connectivity index (χ1v) is 8.40. The van der Waals surface area contributed by atoms with E-state index in [-0.39, 0.29) is 17.5 Å². The maximum absolute atomic E-state index is 12.3. The molecule has 0 saturated carbocycles. The third-order valence-corrected chi connectivity index (χ3v) is 4.91. The summed E-state index contributed by atoms with van der Waals surface area (Å²) in [5, 5.41) is 12.3. The Morgan fingerprint density at radius 1 is 0.846 bits per heavy atom. The van der Waals surface area contributed by atoms with E-state index >= 15 is 0 Å². The topological polar surface area (TPSA) is 83.6 Å². The van der Waals surface area contributed by atoms with Crippen molar-refractivity contribution in [2.45, 2.75) is 12.0 Å². The molecule has 0 saturated heterocycles. The van der Waals surface area contributed by atoms with Crippen LogP contribution in [0.1, 0.15) is 28.8 Å². The van der Waals surface area contributed by atoms with E-state index in [1.165, 1.54) is 0 Å². The summed E-state index contributed by atoms with van der Waals surface area (Å²) in [4.78, 5) is 20.5. The lowest BCUT2D eigenvalue weighted by atomic mass is 9.80. The number of aromatic amines is 1. The van der Waals surface area contributed by atoms with Crippen LogP contribution < -0.4 is 10.9 Å². The molecule has 5 rings (SSSR count). The molecule has 1 aliphatic heterocycles. The van der Waals surface area contributed by atoms with Crippen LogP contribution >= 0.6 is 0 Å². The molecule has 0 aliphatic carbocycles. The van der Waals surface area contributed by atoms with Crippen LogP contribution in [0.3, 0.4) is 0 Å². The molecule has 0 spiro atoms. The van der Waals surface area contributed by atoms with Crippen LogP contribution in [-0.2, 0) is 0 Å². The second kappa shape index (κ2) is 5.77. The number of nitrogens with one attached hydrogen (secondary N) is 2. The Hall–Kier alpha value is -3.54. The number of hydrogen-bond donors (Lipinski definition) is 2. The minimum absolute atomic E-state index is 0.0306. The van der Waals surface area contributed by atoms with E-state index < -0.39 is 0 Å². The lowest BCUT2D eigenvalue weighted by molar-refractivity contribution is 0.637. The molecule has 3 aromatic heterocycles. The van der Waals surface area contributed by atoms with Crippen LogP contribution in [0.5, 0.6) is 0 Å². The van der Waals surface area contributed by atoms with Gasteiger partial charge in [-0.2, -0.15) is 5.10 Å². The molecule has 1 aliphatic rings. The number of pyridine rings is 2. The Labute approximate surface area is 149 Å². The van der Waals surface area contributed by atoms with E-state index in [0.717, 1.165) is 27.9 Å². The summed E-state index contributed by atoms with van der Waals surface area (Å²) in [5.74, 6) is -0.0605. The molecule has 4 heterocycles. The highest BCUT2D eigenvalue weighted by atomic mass is 16.1. The molecule has 2 unspecified atom stereocenters. The Balaban J connectivity index is 1.82. The van der Waals surface area contributed by atoms with Crippen LogP contribution in [0, 0.1) is 0 Å². The van der Waals surface area contributed by atoms with Crippen molar-refractivity contribution in [2.24, 2.45) is 0 Å². The summed E-state index contributed by atoms with van der Waals surface area (Å²) in [7, 11) is 0. The van der Waals surface area contributed by atoms with Crippen molar-refractivity contribution >= 4 is 16.5 Å². The first-order valence-electron chi connectivity index (χ1n) is 8.40. The highest BCUT2D eigenvalue weighted by Gasteiger charge is 2.34. The number of benzene rings is 1. The fourth-order valence-corrected chi connectivity index (χ4v) is 3.77. The van der Waals surface area contributed by atoms with Gasteiger partial charge in [0.2, 0.25) is 0 Å². The minimum atomic E-state index is -0.178. The first-order chi connectivity index (χ1) is 12.8. The highest BCUT2D eigenvalue weighted by Crippen LogP contribution is 2.45. The number of hydrogen-bond acceptors (Lipinski definition) is 5. The van der Waals surface area contributed by atoms with Gasteiger partial charge in [-0.05, 0) is 47.5 Å². The highest BCUT2D eigenvalue weighted by molar-refractivity contribution is 5.97. The Morgan fingerprint density at radius 2 is 1.54 bits per heavy atom. The SMILES string of the molecule is O=c1[nH]nc2c3c(cccc13)NC(c1ccncc1)C2c1ccncc1. The molecule has 2 atom stereocenters. The van der Waals surface area contributed by atoms with E-state index in [1.54, 1.807) is 24.8 Å². The van der Waals surface area contributed by atoms with Gasteiger partial charge in [-0.3, -0.25) is 14.8 Å². The van der Waals surface area contributed by atoms with Crippen molar-refractivity contribution in [3.05, 3.63) is 94.4 Å². The second-order valence-electron chi connectivity index (χ2n) is 6.33. The number of rotatable bonds is 2. The summed E-state index contributed by atoms with van der Waals surface area (Å²) < 4.78 is 0. The zero-order chi connectivity index (χ0) is 17.5. The van der Waals surface area contributed by atoms with Crippen molar-refractivity contribution in [2.75, 3.05) is 5.32 Å². The lowest BCUT2D eigenvalue weighted by Gasteiger charge is -2.34. The Morgan fingerprint density at radius 3 is 2.27 bits per heavy atom. The molecule has 6 nitrogen and oxygen atoms in total. The van der Waals surface area contributed by atoms with Gasteiger partial charge in [0.05, 0.1) is 23.0 Å². The van der Waals surface area contributed by atoms with Gasteiger partial charge in [0, 0.05) is 35.9 Å². The quantitative estimate of drug-likeness (QED) is 0.585. The standard InChI is InChI=1S/C20H15N5O/c26-20-14-2-1-3-15-17(14)19(24-25-20)16(12-4-8-21-9-5-12)18(23-15)13-6-10-22-11-7-13/h1-11,16,18,23H,(H,25,26). The van der Waals surface area contributed by atoms with Crippen molar-refractivity contribution in [3.8, 4) is 0 Å². The molecule has 4 aromatic rings. The van der Waals surface area contributed by atoms with Gasteiger partial charge in [0.25, 0.3) is 5.56 Å². The smallest absolute Gasteiger partial charge is 0.272 e. The molecule has 2 N–H and O–H groups in total. The van der Waals surface area contributed by atoms with Crippen molar-refractivity contribution in [3.63, 3.8) is 0 Å². The average molecular weight is 341 g/mol. The van der Waals surface area contributed by atoms with Gasteiger partial charge in [-0.1, -0.05) is 6.07 Å². The fraction of sp³-hybridized carbons (Fsp3) is 0.100. The van der Waals surface area contributed by atoms with E-state index in [1.807, 2.05) is 42.5 Å². The third kappa shape index (κ3) is 2.19. The van der Waals surface area contributed by atoms with E-state index in [0.29, 0.717) is 5.39 Å². The van der Waals surface area contributed by atoms with Crippen molar-refractivity contribution in [1.82, 2.24) is 20.2 Å². The fourth-order valence-electron chi connectivity index (χ4n) is 3.77. The summed E-state index contributed by atoms with van der Waals surface area (Å²) in [6.45, 7) is 0. The van der Waals surface area contributed by atoms with Crippen LogP contribution in [0.4, 0.5) is 5.69 Å². The number of H-pyrrole nitrogens is 1. The lowest BCUT2D eigenvalue weighted by Crippen LogP contribution is -2.28. The van der Waals surface area contributed by atoms with Crippen LogP contribution in [0.15, 0.2) is 72.0 Å².